The van der Waals surface area contributed by atoms with Crippen molar-refractivity contribution in [1.82, 2.24) is 0 Å². The van der Waals surface area contributed by atoms with Crippen LogP contribution < -0.4 is 4.74 Å². The number of methoxy groups -OCH3 is 1. The molecule has 0 aliphatic carbocycles. The van der Waals surface area contributed by atoms with Crippen LogP contribution in [-0.2, 0) is 16.0 Å². The number of hydrogen-bond acceptors (Lipinski definition) is 3. The molecule has 3 nitrogen and oxygen atoms in total. The summed E-state index contributed by atoms with van der Waals surface area (Å²) in [6, 6.07) is 3.06. The fraction of sp³-hybridized carbons (Fsp3) is 0.417. The number of carbonyl (C=O) groups is 1. The van der Waals surface area contributed by atoms with Crippen molar-refractivity contribution >= 4 is 5.97 Å². The quantitative estimate of drug-likeness (QED) is 0.739. The van der Waals surface area contributed by atoms with Gasteiger partial charge in [-0.3, -0.25) is 4.79 Å². The van der Waals surface area contributed by atoms with Crippen molar-refractivity contribution in [2.45, 2.75) is 20.3 Å². The molecule has 1 aromatic rings. The van der Waals surface area contributed by atoms with E-state index >= 15 is 0 Å². The van der Waals surface area contributed by atoms with Crippen molar-refractivity contribution in [2.24, 2.45) is 0 Å². The molecule has 1 rings (SSSR count). The zero-order valence-corrected chi connectivity index (χ0v) is 9.67. The summed E-state index contributed by atoms with van der Waals surface area (Å²) in [6.07, 6.45) is -0.108. The van der Waals surface area contributed by atoms with Gasteiger partial charge in [0.15, 0.2) is 0 Å². The zero-order valence-electron chi connectivity index (χ0n) is 9.67. The molecule has 0 saturated heterocycles. The molecular formula is C12H15FO3. The lowest BCUT2D eigenvalue weighted by Crippen LogP contribution is -2.10. The van der Waals surface area contributed by atoms with E-state index in [0.717, 1.165) is 5.56 Å². The van der Waals surface area contributed by atoms with Gasteiger partial charge in [-0.15, -0.1) is 0 Å². The molecule has 0 heterocycles. The smallest absolute Gasteiger partial charge is 0.310 e. The normalized spacial score (nSPS) is 10.0. The molecule has 0 radical (unpaired) electrons. The Hall–Kier alpha value is -1.58. The van der Waals surface area contributed by atoms with Crippen LogP contribution in [0.2, 0.25) is 0 Å². The zero-order chi connectivity index (χ0) is 12.1. The van der Waals surface area contributed by atoms with Crippen LogP contribution in [-0.4, -0.2) is 19.7 Å². The van der Waals surface area contributed by atoms with Crippen molar-refractivity contribution in [3.8, 4) is 5.75 Å². The first-order valence-electron chi connectivity index (χ1n) is 5.07. The average Bonchev–Trinajstić information content (AvgIpc) is 2.22. The van der Waals surface area contributed by atoms with Gasteiger partial charge in [0, 0.05) is 5.56 Å². The van der Waals surface area contributed by atoms with Crippen LogP contribution in [0.3, 0.4) is 0 Å². The fourth-order valence-electron chi connectivity index (χ4n) is 1.45. The summed E-state index contributed by atoms with van der Waals surface area (Å²) in [5.74, 6) is -0.515. The number of halogens is 1. The summed E-state index contributed by atoms with van der Waals surface area (Å²) in [5.41, 5.74) is 0.994. The standard InChI is InChI=1S/C12H15FO3/c1-4-16-12(14)7-9-10(13)5-8(2)6-11(9)15-3/h5-6H,4,7H2,1-3H3. The summed E-state index contributed by atoms with van der Waals surface area (Å²) in [6.45, 7) is 3.76. The van der Waals surface area contributed by atoms with E-state index in [-0.39, 0.29) is 18.6 Å². The van der Waals surface area contributed by atoms with Crippen molar-refractivity contribution in [3.05, 3.63) is 29.1 Å². The molecule has 0 fully saturated rings. The molecule has 0 aliphatic heterocycles. The number of carbonyl (C=O) groups excluding carboxylic acids is 1. The Balaban J connectivity index is 2.98. The molecule has 0 unspecified atom stereocenters. The molecule has 0 saturated carbocycles. The summed E-state index contributed by atoms with van der Waals surface area (Å²) < 4.78 is 23.4. The number of aryl methyl sites for hydroxylation is 1. The van der Waals surface area contributed by atoms with Gasteiger partial charge in [-0.05, 0) is 31.5 Å². The van der Waals surface area contributed by atoms with E-state index in [1.165, 1.54) is 13.2 Å². The van der Waals surface area contributed by atoms with Gasteiger partial charge in [-0.2, -0.15) is 0 Å². The van der Waals surface area contributed by atoms with Crippen molar-refractivity contribution in [1.29, 1.82) is 0 Å². The molecule has 0 N–H and O–H groups in total. The molecule has 0 amide bonds. The maximum atomic E-state index is 13.6. The Labute approximate surface area is 94.2 Å². The SMILES string of the molecule is CCOC(=O)Cc1c(F)cc(C)cc1OC. The third-order valence-corrected chi connectivity index (χ3v) is 2.15. The number of hydrogen-bond donors (Lipinski definition) is 0. The predicted molar refractivity (Wildman–Crippen MR) is 58.0 cm³/mol. The third-order valence-electron chi connectivity index (χ3n) is 2.15. The third kappa shape index (κ3) is 2.95. The fourth-order valence-corrected chi connectivity index (χ4v) is 1.45. The Morgan fingerprint density at radius 3 is 2.69 bits per heavy atom. The van der Waals surface area contributed by atoms with Crippen LogP contribution in [0.25, 0.3) is 0 Å². The van der Waals surface area contributed by atoms with Crippen LogP contribution >= 0.6 is 0 Å². The Morgan fingerprint density at radius 2 is 2.12 bits per heavy atom. The largest absolute Gasteiger partial charge is 0.496 e. The first kappa shape index (κ1) is 12.5. The van der Waals surface area contributed by atoms with E-state index in [9.17, 15) is 9.18 Å². The second kappa shape index (κ2) is 5.49. The van der Waals surface area contributed by atoms with Gasteiger partial charge >= 0.3 is 5.97 Å². The molecule has 4 heteroatoms. The lowest BCUT2D eigenvalue weighted by molar-refractivity contribution is -0.142. The molecular weight excluding hydrogens is 211 g/mol. The van der Waals surface area contributed by atoms with Crippen molar-refractivity contribution in [2.75, 3.05) is 13.7 Å². The van der Waals surface area contributed by atoms with Gasteiger partial charge in [0.1, 0.15) is 11.6 Å². The molecule has 88 valence electrons. The second-order valence-corrected chi connectivity index (χ2v) is 3.41. The van der Waals surface area contributed by atoms with E-state index in [1.807, 2.05) is 0 Å². The van der Waals surface area contributed by atoms with E-state index in [1.54, 1.807) is 19.9 Å². The highest BCUT2D eigenvalue weighted by molar-refractivity contribution is 5.73. The molecule has 0 spiro atoms. The number of ether oxygens (including phenoxy) is 2. The van der Waals surface area contributed by atoms with Crippen LogP contribution in [0.1, 0.15) is 18.1 Å². The van der Waals surface area contributed by atoms with Crippen LogP contribution in [0.15, 0.2) is 12.1 Å². The number of benzene rings is 1. The average molecular weight is 226 g/mol. The molecule has 1 aromatic carbocycles. The van der Waals surface area contributed by atoms with Gasteiger partial charge in [0.2, 0.25) is 0 Å². The lowest BCUT2D eigenvalue weighted by atomic mass is 10.1. The minimum atomic E-state index is -0.455. The summed E-state index contributed by atoms with van der Waals surface area (Å²) in [7, 11) is 1.45. The van der Waals surface area contributed by atoms with Gasteiger partial charge in [-0.25, -0.2) is 4.39 Å². The van der Waals surface area contributed by atoms with Crippen LogP contribution in [0.4, 0.5) is 4.39 Å². The first-order valence-corrected chi connectivity index (χ1v) is 5.07. The van der Waals surface area contributed by atoms with E-state index < -0.39 is 11.8 Å². The number of esters is 1. The lowest BCUT2D eigenvalue weighted by Gasteiger charge is -2.10. The topological polar surface area (TPSA) is 35.5 Å². The summed E-state index contributed by atoms with van der Waals surface area (Å²) in [4.78, 5) is 11.3. The first-order chi connectivity index (χ1) is 7.58. The van der Waals surface area contributed by atoms with E-state index in [0.29, 0.717) is 5.75 Å². The minimum absolute atomic E-state index is 0.108. The minimum Gasteiger partial charge on any atom is -0.496 e. The van der Waals surface area contributed by atoms with Gasteiger partial charge < -0.3 is 9.47 Å². The van der Waals surface area contributed by atoms with Crippen molar-refractivity contribution < 1.29 is 18.7 Å². The Bertz CT molecular complexity index is 388. The van der Waals surface area contributed by atoms with Gasteiger partial charge in [-0.1, -0.05) is 0 Å². The van der Waals surface area contributed by atoms with Crippen molar-refractivity contribution in [3.63, 3.8) is 0 Å². The highest BCUT2D eigenvalue weighted by Crippen LogP contribution is 2.24. The van der Waals surface area contributed by atoms with Crippen LogP contribution in [0, 0.1) is 12.7 Å². The Kier molecular flexibility index (Phi) is 4.28. The van der Waals surface area contributed by atoms with E-state index in [4.69, 9.17) is 9.47 Å². The monoisotopic (exact) mass is 226 g/mol. The molecule has 16 heavy (non-hydrogen) atoms. The summed E-state index contributed by atoms with van der Waals surface area (Å²) >= 11 is 0. The number of rotatable bonds is 4. The highest BCUT2D eigenvalue weighted by Gasteiger charge is 2.15. The van der Waals surface area contributed by atoms with Gasteiger partial charge in [0.05, 0.1) is 20.1 Å². The molecule has 0 aromatic heterocycles. The maximum Gasteiger partial charge on any atom is 0.310 e. The molecule has 0 aliphatic rings. The maximum absolute atomic E-state index is 13.6. The van der Waals surface area contributed by atoms with Gasteiger partial charge in [0.25, 0.3) is 0 Å². The second-order valence-electron chi connectivity index (χ2n) is 3.41. The highest BCUT2D eigenvalue weighted by atomic mass is 19.1. The molecule has 0 bridgehead atoms. The molecule has 0 atom stereocenters. The predicted octanol–water partition coefficient (Wildman–Crippen LogP) is 2.25. The van der Waals surface area contributed by atoms with E-state index in [2.05, 4.69) is 0 Å². The summed E-state index contributed by atoms with van der Waals surface area (Å²) in [5, 5.41) is 0. The Morgan fingerprint density at radius 1 is 1.44 bits per heavy atom. The van der Waals surface area contributed by atoms with Crippen LogP contribution in [0.5, 0.6) is 5.75 Å².